The maximum Gasteiger partial charge on any atom is 0.401 e. The second kappa shape index (κ2) is 5.16. The van der Waals surface area contributed by atoms with Crippen LogP contribution in [0.1, 0.15) is 20.3 Å². The van der Waals surface area contributed by atoms with Gasteiger partial charge >= 0.3 is 6.18 Å². The molecule has 1 heterocycles. The number of hydrogen-bond donors (Lipinski definition) is 1. The SMILES string of the molecule is CC(C)NCC1CCN(CC(F)(F)F)C1. The largest absolute Gasteiger partial charge is 0.401 e. The van der Waals surface area contributed by atoms with Crippen LogP contribution in [0.5, 0.6) is 0 Å². The minimum absolute atomic E-state index is 0.370. The van der Waals surface area contributed by atoms with Gasteiger partial charge < -0.3 is 5.32 Å². The molecule has 1 aliphatic heterocycles. The van der Waals surface area contributed by atoms with E-state index < -0.39 is 12.7 Å². The zero-order valence-corrected chi connectivity index (χ0v) is 9.27. The first kappa shape index (κ1) is 12.8. The van der Waals surface area contributed by atoms with Crippen molar-refractivity contribution in [2.75, 3.05) is 26.2 Å². The summed E-state index contributed by atoms with van der Waals surface area (Å²) in [5.41, 5.74) is 0. The van der Waals surface area contributed by atoms with Crippen molar-refractivity contribution in [3.05, 3.63) is 0 Å². The fourth-order valence-corrected chi connectivity index (χ4v) is 1.88. The Morgan fingerprint density at radius 3 is 2.60 bits per heavy atom. The summed E-state index contributed by atoms with van der Waals surface area (Å²) in [7, 11) is 0. The summed E-state index contributed by atoms with van der Waals surface area (Å²) in [6, 6.07) is 0.404. The van der Waals surface area contributed by atoms with Gasteiger partial charge in [-0.05, 0) is 25.4 Å². The molecular formula is C10H19F3N2. The van der Waals surface area contributed by atoms with Crippen molar-refractivity contribution in [1.82, 2.24) is 10.2 Å². The van der Waals surface area contributed by atoms with E-state index in [4.69, 9.17) is 0 Å². The van der Waals surface area contributed by atoms with Crippen molar-refractivity contribution in [3.63, 3.8) is 0 Å². The molecule has 0 saturated carbocycles. The Bertz CT molecular complexity index is 192. The van der Waals surface area contributed by atoms with Gasteiger partial charge in [0.25, 0.3) is 0 Å². The van der Waals surface area contributed by atoms with Gasteiger partial charge in [-0.2, -0.15) is 13.2 Å². The van der Waals surface area contributed by atoms with E-state index in [-0.39, 0.29) is 0 Å². The minimum atomic E-state index is -4.06. The van der Waals surface area contributed by atoms with Crippen LogP contribution in [0.25, 0.3) is 0 Å². The second-order valence-electron chi connectivity index (χ2n) is 4.57. The Morgan fingerprint density at radius 1 is 1.40 bits per heavy atom. The van der Waals surface area contributed by atoms with Gasteiger partial charge in [-0.25, -0.2) is 0 Å². The Balaban J connectivity index is 2.21. The number of hydrogen-bond acceptors (Lipinski definition) is 2. The van der Waals surface area contributed by atoms with Crippen molar-refractivity contribution >= 4 is 0 Å². The van der Waals surface area contributed by atoms with E-state index in [0.717, 1.165) is 13.0 Å². The van der Waals surface area contributed by atoms with Crippen molar-refractivity contribution in [2.45, 2.75) is 32.5 Å². The fourth-order valence-electron chi connectivity index (χ4n) is 1.88. The van der Waals surface area contributed by atoms with Crippen LogP contribution in [0.4, 0.5) is 13.2 Å². The van der Waals surface area contributed by atoms with Crippen LogP contribution in [0.2, 0.25) is 0 Å². The molecule has 0 radical (unpaired) electrons. The predicted molar refractivity (Wildman–Crippen MR) is 53.7 cm³/mol. The third-order valence-corrected chi connectivity index (χ3v) is 2.59. The summed E-state index contributed by atoms with van der Waals surface area (Å²) in [6.07, 6.45) is -3.18. The molecule has 90 valence electrons. The van der Waals surface area contributed by atoms with Gasteiger partial charge in [-0.15, -0.1) is 0 Å². The lowest BCUT2D eigenvalue weighted by Crippen LogP contribution is -2.34. The first-order valence-corrected chi connectivity index (χ1v) is 5.39. The number of halogens is 3. The maximum atomic E-state index is 12.1. The van der Waals surface area contributed by atoms with Gasteiger partial charge in [-0.3, -0.25) is 4.90 Å². The molecule has 1 N–H and O–H groups in total. The maximum absolute atomic E-state index is 12.1. The van der Waals surface area contributed by atoms with E-state index in [9.17, 15) is 13.2 Å². The lowest BCUT2D eigenvalue weighted by Gasteiger charge is -2.18. The smallest absolute Gasteiger partial charge is 0.314 e. The first-order valence-electron chi connectivity index (χ1n) is 5.39. The molecule has 5 heteroatoms. The van der Waals surface area contributed by atoms with E-state index >= 15 is 0 Å². The third-order valence-electron chi connectivity index (χ3n) is 2.59. The number of likely N-dealkylation sites (tertiary alicyclic amines) is 1. The molecule has 1 rings (SSSR count). The van der Waals surface area contributed by atoms with Gasteiger partial charge in [0.15, 0.2) is 0 Å². The van der Waals surface area contributed by atoms with Crippen molar-refractivity contribution < 1.29 is 13.2 Å². The average molecular weight is 224 g/mol. The van der Waals surface area contributed by atoms with E-state index in [1.807, 2.05) is 13.8 Å². The molecule has 0 amide bonds. The summed E-state index contributed by atoms with van der Waals surface area (Å²) in [5, 5.41) is 3.26. The Kier molecular flexibility index (Phi) is 4.40. The highest BCUT2D eigenvalue weighted by Crippen LogP contribution is 2.22. The Hall–Kier alpha value is -0.290. The average Bonchev–Trinajstić information content (AvgIpc) is 2.45. The summed E-state index contributed by atoms with van der Waals surface area (Å²) in [4.78, 5) is 1.49. The van der Waals surface area contributed by atoms with Gasteiger partial charge in [0, 0.05) is 12.6 Å². The van der Waals surface area contributed by atoms with E-state index in [2.05, 4.69) is 5.32 Å². The van der Waals surface area contributed by atoms with Crippen LogP contribution in [0.15, 0.2) is 0 Å². The van der Waals surface area contributed by atoms with Gasteiger partial charge in [-0.1, -0.05) is 13.8 Å². The number of alkyl halides is 3. The molecule has 0 aromatic carbocycles. The molecule has 1 unspecified atom stereocenters. The molecule has 1 aliphatic rings. The van der Waals surface area contributed by atoms with Crippen LogP contribution in [-0.4, -0.2) is 43.3 Å². The second-order valence-corrected chi connectivity index (χ2v) is 4.57. The quantitative estimate of drug-likeness (QED) is 0.784. The summed E-state index contributed by atoms with van der Waals surface area (Å²) < 4.78 is 36.3. The molecule has 1 saturated heterocycles. The normalized spacial score (nSPS) is 24.0. The molecule has 0 aromatic rings. The van der Waals surface area contributed by atoms with Gasteiger partial charge in [0.1, 0.15) is 0 Å². The van der Waals surface area contributed by atoms with E-state index in [1.165, 1.54) is 4.90 Å². The highest BCUT2D eigenvalue weighted by atomic mass is 19.4. The molecule has 0 bridgehead atoms. The van der Waals surface area contributed by atoms with Crippen LogP contribution in [0, 0.1) is 5.92 Å². The summed E-state index contributed by atoms with van der Waals surface area (Å²) >= 11 is 0. The lowest BCUT2D eigenvalue weighted by molar-refractivity contribution is -0.143. The molecule has 15 heavy (non-hydrogen) atoms. The zero-order valence-electron chi connectivity index (χ0n) is 9.27. The van der Waals surface area contributed by atoms with Crippen LogP contribution >= 0.6 is 0 Å². The zero-order chi connectivity index (χ0) is 11.5. The Morgan fingerprint density at radius 2 is 2.07 bits per heavy atom. The fraction of sp³-hybridized carbons (Fsp3) is 1.00. The predicted octanol–water partition coefficient (Wildman–Crippen LogP) is 1.87. The third kappa shape index (κ3) is 5.37. The number of rotatable bonds is 4. The highest BCUT2D eigenvalue weighted by Gasteiger charge is 2.34. The van der Waals surface area contributed by atoms with E-state index in [0.29, 0.717) is 25.0 Å². The van der Waals surface area contributed by atoms with Crippen molar-refractivity contribution in [3.8, 4) is 0 Å². The van der Waals surface area contributed by atoms with Crippen LogP contribution in [-0.2, 0) is 0 Å². The molecular weight excluding hydrogens is 205 g/mol. The number of nitrogens with zero attached hydrogens (tertiary/aromatic N) is 1. The molecule has 1 fully saturated rings. The highest BCUT2D eigenvalue weighted by molar-refractivity contribution is 4.79. The van der Waals surface area contributed by atoms with Crippen LogP contribution < -0.4 is 5.32 Å². The summed E-state index contributed by atoms with van der Waals surface area (Å²) in [6.45, 7) is 5.30. The molecule has 0 aromatic heterocycles. The van der Waals surface area contributed by atoms with Crippen molar-refractivity contribution in [1.29, 1.82) is 0 Å². The van der Waals surface area contributed by atoms with Gasteiger partial charge in [0.05, 0.1) is 6.54 Å². The molecule has 0 aliphatic carbocycles. The van der Waals surface area contributed by atoms with Gasteiger partial charge in [0.2, 0.25) is 0 Å². The topological polar surface area (TPSA) is 15.3 Å². The lowest BCUT2D eigenvalue weighted by atomic mass is 10.1. The van der Waals surface area contributed by atoms with E-state index in [1.54, 1.807) is 0 Å². The minimum Gasteiger partial charge on any atom is -0.314 e. The molecule has 0 spiro atoms. The standard InChI is InChI=1S/C10H19F3N2/c1-8(2)14-5-9-3-4-15(6-9)7-10(11,12)13/h8-9,14H,3-7H2,1-2H3. The summed E-state index contributed by atoms with van der Waals surface area (Å²) in [5.74, 6) is 0.370. The number of nitrogens with one attached hydrogen (secondary N) is 1. The molecule has 1 atom stereocenters. The van der Waals surface area contributed by atoms with Crippen molar-refractivity contribution in [2.24, 2.45) is 5.92 Å². The monoisotopic (exact) mass is 224 g/mol. The van der Waals surface area contributed by atoms with Crippen LogP contribution in [0.3, 0.4) is 0 Å². The Labute approximate surface area is 88.8 Å². The first-order chi connectivity index (χ1) is 6.87. The molecule has 2 nitrogen and oxygen atoms in total.